The van der Waals surface area contributed by atoms with Gasteiger partial charge in [-0.05, 0) is 139 Å². The van der Waals surface area contributed by atoms with Gasteiger partial charge < -0.3 is 0 Å². The Labute approximate surface area is 387 Å². The van der Waals surface area contributed by atoms with Crippen molar-refractivity contribution in [2.45, 2.75) is 38.1 Å². The van der Waals surface area contributed by atoms with Crippen LogP contribution in [0.25, 0.3) is 33.4 Å². The highest BCUT2D eigenvalue weighted by Crippen LogP contribution is 2.59. The molecule has 3 aliphatic carbocycles. The number of fused-ring (bicyclic) bond motifs is 12. The average molecular weight is 846 g/mol. The van der Waals surface area contributed by atoms with Crippen molar-refractivity contribution in [2.75, 3.05) is 0 Å². The number of rotatable bonds is 7. The fourth-order valence-corrected chi connectivity index (χ4v) is 11.3. The van der Waals surface area contributed by atoms with E-state index in [1.807, 2.05) is 36.4 Å². The lowest BCUT2D eigenvalue weighted by Crippen LogP contribution is -2.34. The van der Waals surface area contributed by atoms with Crippen LogP contribution in [0.5, 0.6) is 0 Å². The van der Waals surface area contributed by atoms with E-state index >= 15 is 0 Å². The largest absolute Gasteiger partial charge is 0.261 e. The Bertz CT molecular complexity index is 3400. The number of nitrogens with zero attached hydrogens (tertiary/aromatic N) is 3. The van der Waals surface area contributed by atoms with Gasteiger partial charge in [-0.2, -0.15) is 0 Å². The van der Waals surface area contributed by atoms with E-state index in [0.29, 0.717) is 18.2 Å². The maximum Gasteiger partial charge on any atom is 0.161 e. The van der Waals surface area contributed by atoms with Crippen LogP contribution >= 0.6 is 0 Å². The molecule has 0 aromatic heterocycles. The molecular formula is C63H47N3. The SMILES string of the molecule is C=NC(=NC(=NCc1ccccc1)c1cccc2c1-c1cc(Cc3ccccc3-c3cc4c(cc3C)Cc3ccccc3C43c4ccccc4-c4ccccc43)ccc1C2)c1ccccc1. The summed E-state index contributed by atoms with van der Waals surface area (Å²) in [4.78, 5) is 14.8. The van der Waals surface area contributed by atoms with Gasteiger partial charge in [0.2, 0.25) is 0 Å². The van der Waals surface area contributed by atoms with E-state index in [2.05, 4.69) is 188 Å². The highest BCUT2D eigenvalue weighted by molar-refractivity contribution is 6.15. The van der Waals surface area contributed by atoms with Crippen LogP contribution < -0.4 is 0 Å². The fourth-order valence-electron chi connectivity index (χ4n) is 11.3. The number of amidine groups is 2. The molecule has 0 amide bonds. The van der Waals surface area contributed by atoms with Gasteiger partial charge in [0.05, 0.1) is 12.0 Å². The number of hydrogen-bond donors (Lipinski definition) is 0. The van der Waals surface area contributed by atoms with E-state index in [-0.39, 0.29) is 0 Å². The van der Waals surface area contributed by atoms with Gasteiger partial charge >= 0.3 is 0 Å². The highest BCUT2D eigenvalue weighted by Gasteiger charge is 2.49. The third-order valence-electron chi connectivity index (χ3n) is 14.2. The molecule has 0 N–H and O–H groups in total. The van der Waals surface area contributed by atoms with E-state index in [9.17, 15) is 0 Å². The second-order valence-electron chi connectivity index (χ2n) is 17.9. The first-order chi connectivity index (χ1) is 32.6. The minimum Gasteiger partial charge on any atom is -0.261 e. The van der Waals surface area contributed by atoms with Gasteiger partial charge in [0.15, 0.2) is 11.7 Å². The van der Waals surface area contributed by atoms with Crippen LogP contribution in [0.4, 0.5) is 0 Å². The zero-order valence-corrected chi connectivity index (χ0v) is 37.0. The zero-order valence-electron chi connectivity index (χ0n) is 37.0. The predicted molar refractivity (Wildman–Crippen MR) is 273 cm³/mol. The van der Waals surface area contributed by atoms with Crippen molar-refractivity contribution in [3.63, 3.8) is 0 Å². The first-order valence-electron chi connectivity index (χ1n) is 23.0. The Balaban J connectivity index is 0.961. The normalized spacial score (nSPS) is 13.9. The Hall–Kier alpha value is -8.01. The molecule has 3 heteroatoms. The van der Waals surface area contributed by atoms with Crippen molar-refractivity contribution in [3.05, 3.63) is 284 Å². The smallest absolute Gasteiger partial charge is 0.161 e. The van der Waals surface area contributed by atoms with Crippen LogP contribution in [0.15, 0.2) is 221 Å². The van der Waals surface area contributed by atoms with Crippen LogP contribution in [0, 0.1) is 6.92 Å². The highest BCUT2D eigenvalue weighted by atomic mass is 15.0. The Morgan fingerprint density at radius 3 is 1.86 bits per heavy atom. The van der Waals surface area contributed by atoms with Gasteiger partial charge in [0, 0.05) is 11.1 Å². The molecule has 3 nitrogen and oxygen atoms in total. The van der Waals surface area contributed by atoms with Crippen LogP contribution in [0.2, 0.25) is 0 Å². The van der Waals surface area contributed by atoms with Gasteiger partial charge in [-0.25, -0.2) is 9.98 Å². The standard InChI is InChI=1S/C63H47N3/c1-41-34-49-38-47-23-10-14-29-56(47)63(57-30-15-12-26-51(57)52-27-13-16-31-58(52)63)59(49)39-54(41)50-25-11-9-22-45(50)35-43-32-33-46-37-48-24-17-28-53(60(48)55(46)36-43)62(65-40-42-18-5-3-6-19-42)66-61(64-2)44-20-7-4-8-21-44/h3-34,36,39H,2,35,37-38,40H2,1H3. The van der Waals surface area contributed by atoms with E-state index in [1.165, 1.54) is 94.6 Å². The molecule has 0 fully saturated rings. The summed E-state index contributed by atoms with van der Waals surface area (Å²) < 4.78 is 0. The summed E-state index contributed by atoms with van der Waals surface area (Å²) in [6.07, 6.45) is 2.57. The molecule has 0 unspecified atom stereocenters. The Kier molecular flexibility index (Phi) is 9.72. The van der Waals surface area contributed by atoms with Crippen molar-refractivity contribution < 1.29 is 0 Å². The fraction of sp³-hybridized carbons (Fsp3) is 0.0952. The van der Waals surface area contributed by atoms with Crippen molar-refractivity contribution in [2.24, 2.45) is 15.0 Å². The summed E-state index contributed by atoms with van der Waals surface area (Å²) >= 11 is 0. The van der Waals surface area contributed by atoms with E-state index < -0.39 is 5.41 Å². The van der Waals surface area contributed by atoms with Crippen LogP contribution in [-0.2, 0) is 31.2 Å². The van der Waals surface area contributed by atoms with Gasteiger partial charge in [-0.1, -0.05) is 200 Å². The lowest BCUT2D eigenvalue weighted by Gasteiger charge is -2.41. The molecule has 12 rings (SSSR count). The topological polar surface area (TPSA) is 37.1 Å². The third kappa shape index (κ3) is 6.45. The number of aryl methyl sites for hydroxylation is 1. The van der Waals surface area contributed by atoms with E-state index in [1.54, 1.807) is 0 Å². The zero-order chi connectivity index (χ0) is 44.2. The van der Waals surface area contributed by atoms with Crippen molar-refractivity contribution in [1.29, 1.82) is 0 Å². The van der Waals surface area contributed by atoms with E-state index in [0.717, 1.165) is 36.0 Å². The van der Waals surface area contributed by atoms with Gasteiger partial charge in [-0.15, -0.1) is 0 Å². The molecule has 314 valence electrons. The quantitative estimate of drug-likeness (QED) is 0.113. The van der Waals surface area contributed by atoms with Gasteiger partial charge in [0.25, 0.3) is 0 Å². The maximum absolute atomic E-state index is 5.21. The number of benzene rings is 9. The Morgan fingerprint density at radius 2 is 1.11 bits per heavy atom. The Morgan fingerprint density at radius 1 is 0.470 bits per heavy atom. The molecule has 0 saturated carbocycles. The van der Waals surface area contributed by atoms with E-state index in [4.69, 9.17) is 9.98 Å². The van der Waals surface area contributed by atoms with Gasteiger partial charge in [0.1, 0.15) is 0 Å². The van der Waals surface area contributed by atoms with Crippen molar-refractivity contribution >= 4 is 18.4 Å². The molecule has 9 aromatic rings. The summed E-state index contributed by atoms with van der Waals surface area (Å²) in [6.45, 7) is 6.73. The summed E-state index contributed by atoms with van der Waals surface area (Å²) in [7, 11) is 0. The summed E-state index contributed by atoms with van der Waals surface area (Å²) in [5.41, 5.74) is 25.1. The lowest BCUT2D eigenvalue weighted by atomic mass is 9.61. The first-order valence-corrected chi connectivity index (χ1v) is 23.0. The molecule has 0 saturated heterocycles. The third-order valence-corrected chi connectivity index (χ3v) is 14.2. The van der Waals surface area contributed by atoms with Crippen LogP contribution in [0.1, 0.15) is 77.9 Å². The minimum absolute atomic E-state index is 0.406. The molecule has 66 heavy (non-hydrogen) atoms. The van der Waals surface area contributed by atoms with Crippen LogP contribution in [-0.4, -0.2) is 18.4 Å². The molecule has 9 aromatic carbocycles. The predicted octanol–water partition coefficient (Wildman–Crippen LogP) is 14.2. The maximum atomic E-state index is 5.21. The summed E-state index contributed by atoms with van der Waals surface area (Å²) in [6, 6.07) is 75.5. The monoisotopic (exact) mass is 845 g/mol. The molecule has 3 aliphatic rings. The van der Waals surface area contributed by atoms with Crippen molar-refractivity contribution in [3.8, 4) is 33.4 Å². The second kappa shape index (κ2) is 16.2. The number of hydrogen-bond acceptors (Lipinski definition) is 1. The molecule has 0 radical (unpaired) electrons. The molecule has 1 spiro atoms. The summed E-state index contributed by atoms with van der Waals surface area (Å²) in [5, 5.41) is 0. The first kappa shape index (κ1) is 39.6. The average Bonchev–Trinajstić information content (AvgIpc) is 3.89. The summed E-state index contributed by atoms with van der Waals surface area (Å²) in [5.74, 6) is 1.21. The van der Waals surface area contributed by atoms with Crippen LogP contribution in [0.3, 0.4) is 0 Å². The van der Waals surface area contributed by atoms with Gasteiger partial charge in [-0.3, -0.25) is 4.99 Å². The number of aliphatic imine (C=N–C) groups is 3. The second-order valence-corrected chi connectivity index (χ2v) is 17.9. The molecule has 0 atom stereocenters. The lowest BCUT2D eigenvalue weighted by molar-refractivity contribution is 0.722. The van der Waals surface area contributed by atoms with Crippen molar-refractivity contribution in [1.82, 2.24) is 0 Å². The minimum atomic E-state index is -0.406. The molecule has 0 aliphatic heterocycles. The molecule has 0 heterocycles. The molecule has 0 bridgehead atoms. The molecular weight excluding hydrogens is 799 g/mol.